The summed E-state index contributed by atoms with van der Waals surface area (Å²) in [5.74, 6) is 3.05. The van der Waals surface area contributed by atoms with Crippen LogP contribution in [0.1, 0.15) is 11.1 Å². The standard InChI is InChI=1S/C20H23N5O3/c1-13-5-7-16(26-2)15(9-13)23-19-12-22-25-20(24-19)21-11-14-6-8-17(27-3)18(10-14)28-4/h5-10,12H,11H2,1-4H3,(H2,21,23,24,25). The van der Waals surface area contributed by atoms with Crippen molar-refractivity contribution >= 4 is 17.5 Å². The molecule has 1 aromatic heterocycles. The van der Waals surface area contributed by atoms with Crippen molar-refractivity contribution in [1.82, 2.24) is 15.2 Å². The highest BCUT2D eigenvalue weighted by Gasteiger charge is 2.08. The largest absolute Gasteiger partial charge is 0.495 e. The van der Waals surface area contributed by atoms with Crippen LogP contribution >= 0.6 is 0 Å². The Morgan fingerprint density at radius 3 is 2.39 bits per heavy atom. The molecule has 0 aliphatic carbocycles. The lowest BCUT2D eigenvalue weighted by atomic mass is 10.2. The highest BCUT2D eigenvalue weighted by atomic mass is 16.5. The second-order valence-electron chi connectivity index (χ2n) is 6.04. The second kappa shape index (κ2) is 8.90. The van der Waals surface area contributed by atoms with Gasteiger partial charge in [-0.25, -0.2) is 0 Å². The molecule has 146 valence electrons. The van der Waals surface area contributed by atoms with Crippen LogP contribution in [0.5, 0.6) is 17.2 Å². The Bertz CT molecular complexity index is 949. The highest BCUT2D eigenvalue weighted by Crippen LogP contribution is 2.29. The van der Waals surface area contributed by atoms with E-state index in [0.29, 0.717) is 29.8 Å². The number of nitrogens with zero attached hydrogens (tertiary/aromatic N) is 3. The number of rotatable bonds is 8. The van der Waals surface area contributed by atoms with Crippen molar-refractivity contribution in [3.05, 3.63) is 53.7 Å². The van der Waals surface area contributed by atoms with Crippen LogP contribution in [0.25, 0.3) is 0 Å². The minimum Gasteiger partial charge on any atom is -0.495 e. The molecule has 2 aromatic carbocycles. The van der Waals surface area contributed by atoms with Gasteiger partial charge in [0.05, 0.1) is 33.2 Å². The maximum atomic E-state index is 5.38. The molecule has 1 heterocycles. The van der Waals surface area contributed by atoms with Crippen LogP contribution in [0.3, 0.4) is 0 Å². The molecule has 0 aliphatic rings. The van der Waals surface area contributed by atoms with Gasteiger partial charge in [-0.2, -0.15) is 10.1 Å². The van der Waals surface area contributed by atoms with Crippen molar-refractivity contribution in [1.29, 1.82) is 0 Å². The molecule has 0 aliphatic heterocycles. The topological polar surface area (TPSA) is 90.4 Å². The smallest absolute Gasteiger partial charge is 0.244 e. The first kappa shape index (κ1) is 19.2. The molecule has 0 spiro atoms. The van der Waals surface area contributed by atoms with Crippen LogP contribution < -0.4 is 24.8 Å². The normalized spacial score (nSPS) is 10.3. The highest BCUT2D eigenvalue weighted by molar-refractivity contribution is 5.65. The maximum absolute atomic E-state index is 5.38. The average Bonchev–Trinajstić information content (AvgIpc) is 2.72. The molecule has 3 rings (SSSR count). The van der Waals surface area contributed by atoms with E-state index in [2.05, 4.69) is 25.8 Å². The summed E-state index contributed by atoms with van der Waals surface area (Å²) in [5.41, 5.74) is 2.92. The maximum Gasteiger partial charge on any atom is 0.244 e. The van der Waals surface area contributed by atoms with Crippen LogP contribution in [0.15, 0.2) is 42.6 Å². The summed E-state index contributed by atoms with van der Waals surface area (Å²) in [5, 5.41) is 14.4. The van der Waals surface area contributed by atoms with Crippen LogP contribution in [-0.2, 0) is 6.54 Å². The van der Waals surface area contributed by atoms with Gasteiger partial charge in [0.15, 0.2) is 17.3 Å². The monoisotopic (exact) mass is 381 g/mol. The van der Waals surface area contributed by atoms with E-state index >= 15 is 0 Å². The molecule has 0 fully saturated rings. The van der Waals surface area contributed by atoms with Crippen molar-refractivity contribution in [2.75, 3.05) is 32.0 Å². The van der Waals surface area contributed by atoms with Gasteiger partial charge in [0.1, 0.15) is 5.75 Å². The number of aryl methyl sites for hydroxylation is 1. The van der Waals surface area contributed by atoms with Gasteiger partial charge in [-0.15, -0.1) is 5.10 Å². The number of nitrogens with one attached hydrogen (secondary N) is 2. The number of benzene rings is 2. The first-order valence-corrected chi connectivity index (χ1v) is 8.69. The van der Waals surface area contributed by atoms with Crippen LogP contribution in [0, 0.1) is 6.92 Å². The van der Waals surface area contributed by atoms with E-state index in [1.54, 1.807) is 27.5 Å². The minimum atomic E-state index is 0.409. The van der Waals surface area contributed by atoms with Gasteiger partial charge in [-0.3, -0.25) is 0 Å². The first-order chi connectivity index (χ1) is 13.6. The van der Waals surface area contributed by atoms with Gasteiger partial charge >= 0.3 is 0 Å². The van der Waals surface area contributed by atoms with Crippen molar-refractivity contribution in [2.24, 2.45) is 0 Å². The van der Waals surface area contributed by atoms with Gasteiger partial charge in [-0.1, -0.05) is 12.1 Å². The van der Waals surface area contributed by atoms with Crippen LogP contribution in [0.4, 0.5) is 17.5 Å². The molecule has 0 amide bonds. The summed E-state index contributed by atoms with van der Waals surface area (Å²) in [7, 11) is 4.85. The molecule has 0 saturated heterocycles. The van der Waals surface area contributed by atoms with E-state index < -0.39 is 0 Å². The summed E-state index contributed by atoms with van der Waals surface area (Å²) < 4.78 is 16.0. The predicted molar refractivity (Wildman–Crippen MR) is 108 cm³/mol. The molecule has 0 saturated carbocycles. The Labute approximate surface area is 163 Å². The fourth-order valence-electron chi connectivity index (χ4n) is 2.67. The van der Waals surface area contributed by atoms with E-state index in [1.165, 1.54) is 0 Å². The Morgan fingerprint density at radius 2 is 1.64 bits per heavy atom. The number of methoxy groups -OCH3 is 3. The zero-order valence-electron chi connectivity index (χ0n) is 16.3. The Morgan fingerprint density at radius 1 is 0.893 bits per heavy atom. The molecule has 0 bridgehead atoms. The zero-order valence-corrected chi connectivity index (χ0v) is 16.3. The minimum absolute atomic E-state index is 0.409. The number of ether oxygens (including phenoxy) is 3. The SMILES string of the molecule is COc1ccc(C)cc1Nc1cnnc(NCc2ccc(OC)c(OC)c2)n1. The van der Waals surface area contributed by atoms with Gasteiger partial charge in [-0.05, 0) is 42.3 Å². The van der Waals surface area contributed by atoms with Crippen molar-refractivity contribution in [3.8, 4) is 17.2 Å². The molecule has 28 heavy (non-hydrogen) atoms. The van der Waals surface area contributed by atoms with Gasteiger partial charge in [0.2, 0.25) is 5.95 Å². The number of anilines is 3. The summed E-state index contributed by atoms with van der Waals surface area (Å²) in [6, 6.07) is 11.6. The summed E-state index contributed by atoms with van der Waals surface area (Å²) in [6.45, 7) is 2.53. The molecular weight excluding hydrogens is 358 g/mol. The third-order valence-electron chi connectivity index (χ3n) is 4.08. The first-order valence-electron chi connectivity index (χ1n) is 8.69. The molecular formula is C20H23N5O3. The molecule has 8 heteroatoms. The molecule has 2 N–H and O–H groups in total. The van der Waals surface area contributed by atoms with E-state index in [4.69, 9.17) is 14.2 Å². The Hall–Kier alpha value is -3.55. The molecule has 0 radical (unpaired) electrons. The van der Waals surface area contributed by atoms with Gasteiger partial charge < -0.3 is 24.8 Å². The van der Waals surface area contributed by atoms with Crippen LogP contribution in [0.2, 0.25) is 0 Å². The molecule has 8 nitrogen and oxygen atoms in total. The van der Waals surface area contributed by atoms with E-state index in [1.807, 2.05) is 43.3 Å². The van der Waals surface area contributed by atoms with Crippen molar-refractivity contribution < 1.29 is 14.2 Å². The van der Waals surface area contributed by atoms with Crippen LogP contribution in [-0.4, -0.2) is 36.5 Å². The molecule has 0 unspecified atom stereocenters. The fraction of sp³-hybridized carbons (Fsp3) is 0.250. The fourth-order valence-corrected chi connectivity index (χ4v) is 2.67. The molecule has 0 atom stereocenters. The lowest BCUT2D eigenvalue weighted by Gasteiger charge is -2.12. The molecule has 3 aromatic rings. The summed E-state index contributed by atoms with van der Waals surface area (Å²) in [4.78, 5) is 4.46. The number of aromatic nitrogens is 3. The van der Waals surface area contributed by atoms with E-state index in [-0.39, 0.29) is 0 Å². The second-order valence-corrected chi connectivity index (χ2v) is 6.04. The third-order valence-corrected chi connectivity index (χ3v) is 4.08. The lowest BCUT2D eigenvalue weighted by molar-refractivity contribution is 0.354. The lowest BCUT2D eigenvalue weighted by Crippen LogP contribution is -2.07. The Balaban J connectivity index is 1.71. The third kappa shape index (κ3) is 4.59. The van der Waals surface area contributed by atoms with Gasteiger partial charge in [0.25, 0.3) is 0 Å². The van der Waals surface area contributed by atoms with E-state index in [0.717, 1.165) is 22.6 Å². The van der Waals surface area contributed by atoms with E-state index in [9.17, 15) is 0 Å². The van der Waals surface area contributed by atoms with Crippen molar-refractivity contribution in [3.63, 3.8) is 0 Å². The van der Waals surface area contributed by atoms with Gasteiger partial charge in [0, 0.05) is 6.54 Å². The summed E-state index contributed by atoms with van der Waals surface area (Å²) in [6.07, 6.45) is 1.56. The quantitative estimate of drug-likeness (QED) is 0.612. The predicted octanol–water partition coefficient (Wildman–Crippen LogP) is 3.56. The zero-order chi connectivity index (χ0) is 19.9. The average molecular weight is 381 g/mol. The summed E-state index contributed by atoms with van der Waals surface area (Å²) >= 11 is 0. The number of hydrogen-bond donors (Lipinski definition) is 2. The number of hydrogen-bond acceptors (Lipinski definition) is 8. The van der Waals surface area contributed by atoms with Crippen molar-refractivity contribution in [2.45, 2.75) is 13.5 Å². The Kier molecular flexibility index (Phi) is 6.11.